The number of carbonyl (C=O) groups is 2. The Morgan fingerprint density at radius 2 is 1.47 bits per heavy atom. The Morgan fingerprint density at radius 3 is 2.10 bits per heavy atom. The summed E-state index contributed by atoms with van der Waals surface area (Å²) in [7, 11) is -3.11. The summed E-state index contributed by atoms with van der Waals surface area (Å²) in [5.74, 6) is 3.41. The monoisotopic (exact) mass is 1390 g/mol. The summed E-state index contributed by atoms with van der Waals surface area (Å²) in [6.45, 7) is 39.3. The van der Waals surface area contributed by atoms with Gasteiger partial charge in [-0.05, 0) is 185 Å². The Hall–Kier alpha value is -5.08. The lowest BCUT2D eigenvalue weighted by Crippen LogP contribution is -2.51. The van der Waals surface area contributed by atoms with E-state index in [1.54, 1.807) is 7.11 Å². The molecule has 2 N–H and O–H groups in total. The molecule has 538 valence electrons. The van der Waals surface area contributed by atoms with Crippen LogP contribution in [0.1, 0.15) is 213 Å². The average Bonchev–Trinajstić information content (AvgIpc) is 1.37. The predicted molar refractivity (Wildman–Crippen MR) is 391 cm³/mol. The maximum atomic E-state index is 17.1. The van der Waals surface area contributed by atoms with E-state index in [1.807, 2.05) is 84.9 Å². The van der Waals surface area contributed by atoms with Gasteiger partial charge >= 0.3 is 6.09 Å². The third-order valence-corrected chi connectivity index (χ3v) is 30.2. The smallest absolute Gasteiger partial charge is 0.407 e. The van der Waals surface area contributed by atoms with E-state index in [4.69, 9.17) is 39.0 Å². The summed E-state index contributed by atoms with van der Waals surface area (Å²) >= 11 is 0. The van der Waals surface area contributed by atoms with Crippen LogP contribution in [0, 0.1) is 64.5 Å². The summed E-state index contributed by atoms with van der Waals surface area (Å²) in [4.78, 5) is 30.4. The first kappa shape index (κ1) is 77.1. The van der Waals surface area contributed by atoms with Crippen molar-refractivity contribution in [2.24, 2.45) is 46.3 Å². The molecule has 0 bridgehead atoms. The van der Waals surface area contributed by atoms with Crippen LogP contribution in [-0.4, -0.2) is 94.9 Å². The topological polar surface area (TPSA) is 130 Å². The number of methoxy groups -OCH3 is 1. The molecule has 1 aliphatic heterocycles. The van der Waals surface area contributed by atoms with Gasteiger partial charge in [-0.1, -0.05) is 166 Å². The van der Waals surface area contributed by atoms with Crippen molar-refractivity contribution in [3.8, 4) is 5.75 Å². The Labute approximate surface area is 589 Å². The lowest BCUT2D eigenvalue weighted by Gasteiger charge is -2.58. The van der Waals surface area contributed by atoms with Gasteiger partial charge in [-0.2, -0.15) is 0 Å². The fraction of sp³-hybridized carbons (Fsp3) is 0.642. The molecule has 1 saturated heterocycles. The summed E-state index contributed by atoms with van der Waals surface area (Å²) < 4.78 is 83.5. The highest BCUT2D eigenvalue weighted by Gasteiger charge is 2.60. The highest BCUT2D eigenvalue weighted by Crippen LogP contribution is 2.68. The Bertz CT molecular complexity index is 3260. The summed E-state index contributed by atoms with van der Waals surface area (Å²) in [6.07, 6.45) is 13.4. The van der Waals surface area contributed by atoms with Crippen molar-refractivity contribution in [3.05, 3.63) is 160 Å². The van der Waals surface area contributed by atoms with Crippen LogP contribution in [0.15, 0.2) is 109 Å². The van der Waals surface area contributed by atoms with E-state index >= 15 is 8.78 Å². The van der Waals surface area contributed by atoms with Gasteiger partial charge in [0.2, 0.25) is 12.5 Å². The normalized spacial score (nSPS) is 26.3. The number of carbonyl (C=O) groups excluding carboxylic acids is 2. The van der Waals surface area contributed by atoms with Gasteiger partial charge in [0.25, 0.3) is 8.53 Å². The van der Waals surface area contributed by atoms with Crippen molar-refractivity contribution in [3.63, 3.8) is 0 Å². The number of amides is 2. The second-order valence-electron chi connectivity index (χ2n) is 32.0. The van der Waals surface area contributed by atoms with Gasteiger partial charge in [0.1, 0.15) is 60.1 Å². The number of nitrogens with one attached hydrogen (secondary N) is 2. The van der Waals surface area contributed by atoms with E-state index in [1.165, 1.54) is 56.6 Å². The molecule has 9 rings (SSSR count). The van der Waals surface area contributed by atoms with Crippen LogP contribution >= 0.6 is 8.53 Å². The molecule has 2 amide bonds. The number of halogens is 2. The predicted octanol–water partition coefficient (Wildman–Crippen LogP) is 19.8. The summed E-state index contributed by atoms with van der Waals surface area (Å²) in [5.41, 5.74) is 3.52. The molecule has 0 radical (unpaired) electrons. The van der Waals surface area contributed by atoms with Crippen LogP contribution in [0.5, 0.6) is 5.75 Å². The summed E-state index contributed by atoms with van der Waals surface area (Å²) in [6, 6.07) is 29.9. The fourth-order valence-corrected chi connectivity index (χ4v) is 20.4. The maximum absolute atomic E-state index is 17.1. The quantitative estimate of drug-likeness (QED) is 0.0122. The molecule has 4 aromatic carbocycles. The van der Waals surface area contributed by atoms with Crippen molar-refractivity contribution < 1.29 is 50.8 Å². The first-order valence-electron chi connectivity index (χ1n) is 37.0. The van der Waals surface area contributed by atoms with E-state index in [-0.39, 0.29) is 84.5 Å². The van der Waals surface area contributed by atoms with Crippen molar-refractivity contribution in [1.82, 2.24) is 15.3 Å². The molecule has 17 heteroatoms. The molecular weight excluding hydrogens is 1270 g/mol. The minimum atomic E-state index is -2.81. The number of alkyl carbamates (subject to hydrolysis) is 1. The zero-order valence-corrected chi connectivity index (χ0v) is 63.6. The number of fused-ring (bicyclic) bond motifs is 5. The SMILES string of the molecule is [C-]#[N+]CCOP(OC1[C@@H](COC(c2ccccc2)(c2ccccc2)c2ccc(OC)cc2)O[C@@H](c2cc(CNC(=O)CCCCCNC(=O)O[C@H]3CC[C@@]4(C)C(=CCC5[C@@H]6CC[C@H]([C@H](C)CCCC(C)C)[C@@]6(C)CC[C@@H]54)C3)c(F)cc2F)[C@H]1O[Si](C)(C)C(C)(C)C)N(C(C)C)C(C)C. The second kappa shape index (κ2) is 33.8. The van der Waals surface area contributed by atoms with Gasteiger partial charge in [-0.3, -0.25) is 4.79 Å². The molecule has 4 fully saturated rings. The highest BCUT2D eigenvalue weighted by atomic mass is 31.2. The number of hydrogen-bond donors (Lipinski definition) is 2. The van der Waals surface area contributed by atoms with Crippen LogP contribution in [-0.2, 0) is 44.6 Å². The molecule has 98 heavy (non-hydrogen) atoms. The molecule has 4 aliphatic carbocycles. The molecule has 0 spiro atoms. The number of benzene rings is 4. The molecule has 3 saturated carbocycles. The molecule has 0 aromatic heterocycles. The Kier molecular flexibility index (Phi) is 26.6. The second-order valence-corrected chi connectivity index (χ2v) is 38.2. The standard InChI is InChI=1S/C81H117F2N4O9PSi/c1-54(2)27-26-28-57(7)67-40-41-68-65-39-36-62-50-64(42-44-79(62,11)69(65)43-45-80(67,68)12)93-77(89)85-46-25-19-24-33-73(88)86-52-58-49-66(71(83)51-70(58)82)74-76(96-98(15,16)78(8,9)10)75(95-97(92-48-47-84-13)87(55(3)4)56(5)6)72(94-74)53-91-81(59-29-20-17-21-30-59,60-31-22-18-23-32-60)61-34-37-63(90-14)38-35-61/h17-18,20-23,29-32,34-38,49,51,54-57,64-65,67-69,72,74-76H,19,24-28,33,39-48,50,52-53H2,1-12,14-16H3,(H,85,89)(H,86,88)/t57-,64+,65?,67-,68+,69+,72-,74+,75?,76-,79+,80-,97?/m1/s1. The maximum Gasteiger partial charge on any atom is 0.407 e. The van der Waals surface area contributed by atoms with Crippen LogP contribution in [0.3, 0.4) is 0 Å². The number of hydrogen-bond acceptors (Lipinski definition) is 10. The van der Waals surface area contributed by atoms with E-state index in [2.05, 4.69) is 122 Å². The molecule has 4 aromatic rings. The highest BCUT2D eigenvalue weighted by molar-refractivity contribution is 7.44. The van der Waals surface area contributed by atoms with Crippen LogP contribution in [0.4, 0.5) is 13.6 Å². The number of nitrogens with zero attached hydrogens (tertiary/aromatic N) is 2. The molecular formula is C81H117F2N4O9PSi. The van der Waals surface area contributed by atoms with Gasteiger partial charge in [-0.15, -0.1) is 0 Å². The van der Waals surface area contributed by atoms with Crippen molar-refractivity contribution in [1.29, 1.82) is 0 Å². The third kappa shape index (κ3) is 17.7. The largest absolute Gasteiger partial charge is 0.497 e. The van der Waals surface area contributed by atoms with Gasteiger partial charge in [-0.25, -0.2) is 24.8 Å². The number of allylic oxidation sites excluding steroid dienone is 1. The van der Waals surface area contributed by atoms with Gasteiger partial charge in [0.15, 0.2) is 8.32 Å². The molecule has 13 atom stereocenters. The van der Waals surface area contributed by atoms with E-state index in [0.29, 0.717) is 42.9 Å². The van der Waals surface area contributed by atoms with Gasteiger partial charge in [0.05, 0.1) is 13.7 Å². The van der Waals surface area contributed by atoms with Crippen molar-refractivity contribution in [2.75, 3.05) is 33.4 Å². The van der Waals surface area contributed by atoms with Crippen molar-refractivity contribution >= 4 is 28.8 Å². The van der Waals surface area contributed by atoms with E-state index < -0.39 is 58.5 Å². The van der Waals surface area contributed by atoms with Crippen LogP contribution < -0.4 is 15.4 Å². The minimum Gasteiger partial charge on any atom is -0.497 e. The molecule has 1 heterocycles. The molecule has 3 unspecified atom stereocenters. The zero-order valence-electron chi connectivity index (χ0n) is 61.7. The lowest BCUT2D eigenvalue weighted by atomic mass is 9.47. The fourth-order valence-electron chi connectivity index (χ4n) is 17.4. The third-order valence-electron chi connectivity index (χ3n) is 23.6. The first-order valence-corrected chi connectivity index (χ1v) is 41.0. The van der Waals surface area contributed by atoms with Crippen LogP contribution in [0.2, 0.25) is 18.1 Å². The van der Waals surface area contributed by atoms with Crippen molar-refractivity contribution in [2.45, 2.75) is 252 Å². The minimum absolute atomic E-state index is 0.0459. The average molecular weight is 1390 g/mol. The van der Waals surface area contributed by atoms with Gasteiger partial charge < -0.3 is 47.9 Å². The Morgan fingerprint density at radius 1 is 0.796 bits per heavy atom. The van der Waals surface area contributed by atoms with E-state index in [0.717, 1.165) is 78.0 Å². The first-order chi connectivity index (χ1) is 46.6. The van der Waals surface area contributed by atoms with E-state index in [9.17, 15) is 9.59 Å². The molecule has 5 aliphatic rings. The number of rotatable bonds is 32. The van der Waals surface area contributed by atoms with Crippen LogP contribution in [0.25, 0.3) is 4.85 Å². The lowest BCUT2D eigenvalue weighted by molar-refractivity contribution is -0.121. The molecule has 13 nitrogen and oxygen atoms in total. The Balaban J connectivity index is 0.863. The van der Waals surface area contributed by atoms with Gasteiger partial charge in [0, 0.05) is 55.2 Å². The zero-order chi connectivity index (χ0) is 70.7. The summed E-state index contributed by atoms with van der Waals surface area (Å²) in [5, 5.41) is 5.55. The number of unbranched alkanes of at least 4 members (excludes halogenated alkanes) is 2. The number of ether oxygens (including phenoxy) is 4.